The summed E-state index contributed by atoms with van der Waals surface area (Å²) in [5, 5.41) is 13.4. The number of nitrogens with zero attached hydrogens (tertiary/aromatic N) is 3. The number of fused-ring (bicyclic) bond motifs is 1. The van der Waals surface area contributed by atoms with Gasteiger partial charge in [0.25, 0.3) is 5.89 Å². The average molecular weight is 452 g/mol. The Bertz CT molecular complexity index is 1270. The van der Waals surface area contributed by atoms with Gasteiger partial charge in [-0.2, -0.15) is 4.98 Å². The molecule has 2 heterocycles. The smallest absolute Gasteiger partial charge is 0.481 e. The second kappa shape index (κ2) is 7.95. The number of aryl methyl sites for hydroxylation is 1. The molecule has 4 aromatic rings. The Morgan fingerprint density at radius 3 is 2.74 bits per heavy atom. The summed E-state index contributed by atoms with van der Waals surface area (Å²) < 4.78 is 48.1. The van der Waals surface area contributed by atoms with Crippen molar-refractivity contribution in [1.29, 1.82) is 0 Å². The molecule has 0 aliphatic carbocycles. The molecule has 0 saturated heterocycles. The molecule has 4 rings (SSSR count). The Labute approximate surface area is 177 Å². The minimum atomic E-state index is -4.86. The maximum atomic E-state index is 12.4. The molecular weight excluding hydrogens is 439 g/mol. The second-order valence-electron chi connectivity index (χ2n) is 6.51. The first-order valence-electron chi connectivity index (χ1n) is 8.91. The summed E-state index contributed by atoms with van der Waals surface area (Å²) >= 11 is 5.88. The van der Waals surface area contributed by atoms with E-state index in [2.05, 4.69) is 14.9 Å². The first kappa shape index (κ1) is 20.7. The van der Waals surface area contributed by atoms with Crippen molar-refractivity contribution in [3.05, 3.63) is 53.7 Å². The van der Waals surface area contributed by atoms with E-state index in [1.165, 1.54) is 12.1 Å². The molecule has 0 radical (unpaired) electrons. The van der Waals surface area contributed by atoms with Crippen LogP contribution < -0.4 is 4.74 Å². The molecule has 0 amide bonds. The van der Waals surface area contributed by atoms with Gasteiger partial charge in [0.2, 0.25) is 5.82 Å². The zero-order chi connectivity index (χ0) is 22.2. The van der Waals surface area contributed by atoms with Crippen LogP contribution in [0.5, 0.6) is 5.75 Å². The number of carbonyl (C=O) groups is 1. The predicted octanol–water partition coefficient (Wildman–Crippen LogP) is 5.39. The van der Waals surface area contributed by atoms with Gasteiger partial charge in [0, 0.05) is 34.8 Å². The van der Waals surface area contributed by atoms with E-state index in [1.54, 1.807) is 18.3 Å². The van der Waals surface area contributed by atoms with Gasteiger partial charge < -0.3 is 18.9 Å². The van der Waals surface area contributed by atoms with E-state index in [9.17, 15) is 18.0 Å². The van der Waals surface area contributed by atoms with Gasteiger partial charge in [-0.05, 0) is 30.3 Å². The summed E-state index contributed by atoms with van der Waals surface area (Å²) in [4.78, 5) is 15.2. The number of carboxylic acid groups (broad SMARTS) is 1. The molecule has 2 aromatic carbocycles. The maximum absolute atomic E-state index is 12.4. The van der Waals surface area contributed by atoms with E-state index < -0.39 is 18.1 Å². The lowest BCUT2D eigenvalue weighted by Crippen LogP contribution is -2.17. The number of rotatable bonds is 6. The number of hydrogen-bond donors (Lipinski definition) is 1. The standard InChI is InChI=1S/C20H13ClF3N3O4/c21-14-10-11(4-5-16(14)30-20(22,23)24)19-25-18(26-31-19)13-2-1-3-15-12(13)6-8-27(15)9-7-17(28)29/h1-6,8,10H,7,9H2,(H,28,29). The fraction of sp³-hybridized carbons (Fsp3) is 0.150. The van der Waals surface area contributed by atoms with Gasteiger partial charge in [-0.3, -0.25) is 4.79 Å². The van der Waals surface area contributed by atoms with Crippen molar-refractivity contribution in [2.75, 3.05) is 0 Å². The van der Waals surface area contributed by atoms with Crippen LogP contribution in [0.1, 0.15) is 6.42 Å². The van der Waals surface area contributed by atoms with Crippen LogP contribution in [0.2, 0.25) is 5.02 Å². The normalized spacial score (nSPS) is 11.7. The molecule has 0 unspecified atom stereocenters. The highest BCUT2D eigenvalue weighted by atomic mass is 35.5. The van der Waals surface area contributed by atoms with Gasteiger partial charge in [-0.15, -0.1) is 13.2 Å². The predicted molar refractivity (Wildman–Crippen MR) is 105 cm³/mol. The third-order valence-corrected chi connectivity index (χ3v) is 4.75. The quantitative estimate of drug-likeness (QED) is 0.423. The van der Waals surface area contributed by atoms with Gasteiger partial charge in [0.05, 0.1) is 11.4 Å². The minimum absolute atomic E-state index is 0.0187. The van der Waals surface area contributed by atoms with Crippen molar-refractivity contribution in [2.45, 2.75) is 19.3 Å². The third-order valence-electron chi connectivity index (χ3n) is 4.45. The van der Waals surface area contributed by atoms with Gasteiger partial charge in [0.1, 0.15) is 5.75 Å². The van der Waals surface area contributed by atoms with Crippen molar-refractivity contribution in [1.82, 2.24) is 14.7 Å². The largest absolute Gasteiger partial charge is 0.573 e. The van der Waals surface area contributed by atoms with Crippen molar-refractivity contribution in [3.63, 3.8) is 0 Å². The Morgan fingerprint density at radius 2 is 2.03 bits per heavy atom. The summed E-state index contributed by atoms with van der Waals surface area (Å²) in [6, 6.07) is 10.9. The van der Waals surface area contributed by atoms with Crippen LogP contribution in [0, 0.1) is 0 Å². The lowest BCUT2D eigenvalue weighted by Gasteiger charge is -2.10. The van der Waals surface area contributed by atoms with Gasteiger partial charge in [-0.25, -0.2) is 0 Å². The molecule has 0 spiro atoms. The zero-order valence-electron chi connectivity index (χ0n) is 15.6. The molecular formula is C20H13ClF3N3O4. The molecule has 2 aromatic heterocycles. The first-order valence-corrected chi connectivity index (χ1v) is 9.28. The molecule has 0 aliphatic rings. The zero-order valence-corrected chi connectivity index (χ0v) is 16.3. The Balaban J connectivity index is 1.64. The number of aromatic nitrogens is 3. The Hall–Kier alpha value is -3.53. The maximum Gasteiger partial charge on any atom is 0.573 e. The topological polar surface area (TPSA) is 90.4 Å². The fourth-order valence-electron chi connectivity index (χ4n) is 3.12. The summed E-state index contributed by atoms with van der Waals surface area (Å²) in [7, 11) is 0. The fourth-order valence-corrected chi connectivity index (χ4v) is 3.34. The monoisotopic (exact) mass is 451 g/mol. The first-order chi connectivity index (χ1) is 14.7. The van der Waals surface area contributed by atoms with Crippen molar-refractivity contribution >= 4 is 28.5 Å². The molecule has 0 atom stereocenters. The van der Waals surface area contributed by atoms with E-state index in [-0.39, 0.29) is 23.2 Å². The number of halogens is 4. The summed E-state index contributed by atoms with van der Waals surface area (Å²) in [5.41, 5.74) is 1.79. The number of aliphatic carboxylic acids is 1. The molecule has 0 fully saturated rings. The van der Waals surface area contributed by atoms with Crippen molar-refractivity contribution in [2.24, 2.45) is 0 Å². The highest BCUT2D eigenvalue weighted by Gasteiger charge is 2.32. The molecule has 160 valence electrons. The van der Waals surface area contributed by atoms with Crippen LogP contribution in [0.3, 0.4) is 0 Å². The molecule has 0 aliphatic heterocycles. The number of alkyl halides is 3. The summed E-state index contributed by atoms with van der Waals surface area (Å²) in [6.07, 6.45) is -3.10. The van der Waals surface area contributed by atoms with E-state index in [1.807, 2.05) is 16.7 Å². The third kappa shape index (κ3) is 4.48. The molecule has 7 nitrogen and oxygen atoms in total. The molecule has 0 bridgehead atoms. The highest BCUT2D eigenvalue weighted by Crippen LogP contribution is 2.34. The van der Waals surface area contributed by atoms with E-state index in [0.717, 1.165) is 17.0 Å². The van der Waals surface area contributed by atoms with Crippen LogP contribution >= 0.6 is 11.6 Å². The SMILES string of the molecule is O=C(O)CCn1ccc2c(-c3noc(-c4ccc(OC(F)(F)F)c(Cl)c4)n3)cccc21. The van der Waals surface area contributed by atoms with Crippen molar-refractivity contribution in [3.8, 4) is 28.6 Å². The van der Waals surface area contributed by atoms with E-state index >= 15 is 0 Å². The molecule has 1 N–H and O–H groups in total. The summed E-state index contributed by atoms with van der Waals surface area (Å²) in [5.74, 6) is -1.10. The van der Waals surface area contributed by atoms with Gasteiger partial charge in [-0.1, -0.05) is 28.9 Å². The number of ether oxygens (including phenoxy) is 1. The van der Waals surface area contributed by atoms with E-state index in [4.69, 9.17) is 21.2 Å². The van der Waals surface area contributed by atoms with Crippen LogP contribution in [-0.2, 0) is 11.3 Å². The van der Waals surface area contributed by atoms with Crippen LogP contribution in [-0.4, -0.2) is 32.1 Å². The van der Waals surface area contributed by atoms with Crippen molar-refractivity contribution < 1.29 is 32.3 Å². The number of hydrogen-bond acceptors (Lipinski definition) is 5. The van der Waals surface area contributed by atoms with E-state index in [0.29, 0.717) is 17.7 Å². The Morgan fingerprint density at radius 1 is 1.23 bits per heavy atom. The van der Waals surface area contributed by atoms with Gasteiger partial charge in [0.15, 0.2) is 0 Å². The van der Waals surface area contributed by atoms with Crippen LogP contribution in [0.25, 0.3) is 33.7 Å². The lowest BCUT2D eigenvalue weighted by atomic mass is 10.1. The van der Waals surface area contributed by atoms with Crippen LogP contribution in [0.4, 0.5) is 13.2 Å². The van der Waals surface area contributed by atoms with Gasteiger partial charge >= 0.3 is 12.3 Å². The second-order valence-corrected chi connectivity index (χ2v) is 6.91. The molecule has 11 heteroatoms. The highest BCUT2D eigenvalue weighted by molar-refractivity contribution is 6.32. The van der Waals surface area contributed by atoms with Crippen LogP contribution in [0.15, 0.2) is 53.2 Å². The number of carboxylic acids is 1. The lowest BCUT2D eigenvalue weighted by molar-refractivity contribution is -0.274. The summed E-state index contributed by atoms with van der Waals surface area (Å²) in [6.45, 7) is 0.310. The number of benzene rings is 2. The Kier molecular flexibility index (Phi) is 5.32. The molecule has 31 heavy (non-hydrogen) atoms. The minimum Gasteiger partial charge on any atom is -0.481 e. The molecule has 0 saturated carbocycles. The average Bonchev–Trinajstić information content (AvgIpc) is 3.34.